The molecule has 3 aromatic heterocycles. The van der Waals surface area contributed by atoms with Crippen molar-refractivity contribution >= 4 is 27.7 Å². The first-order valence-electron chi connectivity index (χ1n) is 12.7. The predicted octanol–water partition coefficient (Wildman–Crippen LogP) is 4.09. The number of rotatable bonds is 5. The van der Waals surface area contributed by atoms with Crippen molar-refractivity contribution < 1.29 is 19.1 Å². The Morgan fingerprint density at radius 3 is 2.74 bits per heavy atom. The van der Waals surface area contributed by atoms with Crippen LogP contribution in [0.1, 0.15) is 40.7 Å². The lowest BCUT2D eigenvalue weighted by molar-refractivity contribution is -0.132. The highest BCUT2D eigenvalue weighted by atomic mass is 16.5. The van der Waals surface area contributed by atoms with Crippen LogP contribution in [0.2, 0.25) is 0 Å². The van der Waals surface area contributed by atoms with Crippen LogP contribution in [-0.4, -0.2) is 39.5 Å². The van der Waals surface area contributed by atoms with E-state index in [1.807, 2.05) is 18.2 Å². The van der Waals surface area contributed by atoms with E-state index in [-0.39, 0.29) is 29.4 Å². The highest BCUT2D eigenvalue weighted by molar-refractivity contribution is 5.86. The summed E-state index contributed by atoms with van der Waals surface area (Å²) in [5.74, 6) is -1.06. The molecule has 9 heteroatoms. The number of nitrogens with zero attached hydrogens (tertiary/aromatic N) is 1. The molecular formula is C30H27N3O6. The zero-order valence-corrected chi connectivity index (χ0v) is 21.5. The number of aryl methyl sites for hydroxylation is 1. The first kappa shape index (κ1) is 24.5. The number of fused-ring (bicyclic) bond motifs is 4. The summed E-state index contributed by atoms with van der Waals surface area (Å²) in [6.07, 6.45) is 0.527. The Hall–Kier alpha value is -4.79. The Labute approximate surface area is 222 Å². The zero-order valence-electron chi connectivity index (χ0n) is 21.5. The predicted molar refractivity (Wildman–Crippen MR) is 146 cm³/mol. The lowest BCUT2D eigenvalue weighted by Gasteiger charge is -2.29. The molecule has 0 saturated carbocycles. The molecule has 9 nitrogen and oxygen atoms in total. The smallest absolute Gasteiger partial charge is 0.252 e. The van der Waals surface area contributed by atoms with Gasteiger partial charge >= 0.3 is 0 Å². The summed E-state index contributed by atoms with van der Waals surface area (Å²) < 4.78 is 11.1. The van der Waals surface area contributed by atoms with Crippen molar-refractivity contribution in [3.63, 3.8) is 0 Å². The van der Waals surface area contributed by atoms with Crippen molar-refractivity contribution in [2.45, 2.75) is 32.2 Å². The van der Waals surface area contributed by atoms with Crippen molar-refractivity contribution in [3.05, 3.63) is 104 Å². The summed E-state index contributed by atoms with van der Waals surface area (Å²) in [4.78, 5) is 47.5. The molecule has 0 spiro atoms. The molecule has 0 unspecified atom stereocenters. The van der Waals surface area contributed by atoms with Crippen LogP contribution in [0.15, 0.2) is 68.6 Å². The lowest BCUT2D eigenvalue weighted by atomic mass is 9.91. The van der Waals surface area contributed by atoms with E-state index < -0.39 is 22.7 Å². The van der Waals surface area contributed by atoms with Crippen molar-refractivity contribution in [1.82, 2.24) is 14.9 Å². The Balaban J connectivity index is 1.40. The Morgan fingerprint density at radius 2 is 1.92 bits per heavy atom. The van der Waals surface area contributed by atoms with E-state index in [1.54, 1.807) is 36.1 Å². The summed E-state index contributed by atoms with van der Waals surface area (Å²) in [5.41, 5.74) is 2.91. The molecule has 1 aliphatic rings. The van der Waals surface area contributed by atoms with Gasteiger partial charge in [0.05, 0.1) is 25.1 Å². The third-order valence-corrected chi connectivity index (χ3v) is 7.46. The number of aromatic nitrogens is 2. The number of hydrogen-bond donors (Lipinski definition) is 3. The minimum atomic E-state index is -0.982. The van der Waals surface area contributed by atoms with E-state index in [1.165, 1.54) is 18.7 Å². The van der Waals surface area contributed by atoms with Crippen molar-refractivity contribution in [2.75, 3.05) is 13.7 Å². The zero-order chi connectivity index (χ0) is 27.3. The van der Waals surface area contributed by atoms with Crippen LogP contribution in [0.25, 0.3) is 21.8 Å². The largest absolute Gasteiger partial charge is 0.502 e. The third-order valence-electron chi connectivity index (χ3n) is 7.46. The van der Waals surface area contributed by atoms with E-state index in [2.05, 4.69) is 16.0 Å². The van der Waals surface area contributed by atoms with Gasteiger partial charge in [0.15, 0.2) is 5.76 Å². The van der Waals surface area contributed by atoms with Crippen LogP contribution in [0.4, 0.5) is 0 Å². The Morgan fingerprint density at radius 1 is 1.10 bits per heavy atom. The van der Waals surface area contributed by atoms with E-state index in [4.69, 9.17) is 9.15 Å². The second-order valence-electron chi connectivity index (χ2n) is 9.89. The Kier molecular flexibility index (Phi) is 5.98. The molecule has 1 amide bonds. The molecule has 0 saturated heterocycles. The standard InChI is InChI=1S/C30H27N3O6/c1-16-11-26(34)28(36)29(39-16)21(22-12-17-7-8-18(38-2)13-24(17)32-30(22)37)14-27(35)33-10-9-20-19-5-3-4-6-23(19)31-25(20)15-33/h3-8,11-13,21,31,36H,9-10,14-15H2,1-2H3,(H,32,37)/t21-/m1/s1. The number of benzene rings is 2. The van der Waals surface area contributed by atoms with Gasteiger partial charge in [-0.2, -0.15) is 0 Å². The molecular weight excluding hydrogens is 498 g/mol. The summed E-state index contributed by atoms with van der Waals surface area (Å²) in [6, 6.07) is 16.2. The first-order valence-corrected chi connectivity index (χ1v) is 12.7. The maximum Gasteiger partial charge on any atom is 0.252 e. The summed E-state index contributed by atoms with van der Waals surface area (Å²) in [7, 11) is 1.54. The van der Waals surface area contributed by atoms with Gasteiger partial charge in [0.1, 0.15) is 11.5 Å². The number of carbonyl (C=O) groups excluding carboxylic acids is 1. The fourth-order valence-corrected chi connectivity index (χ4v) is 5.50. The number of pyridine rings is 1. The number of hydrogen-bond acceptors (Lipinski definition) is 6. The number of para-hydroxylation sites is 1. The topological polar surface area (TPSA) is 129 Å². The van der Waals surface area contributed by atoms with Crippen LogP contribution < -0.4 is 15.7 Å². The average Bonchev–Trinajstić information content (AvgIpc) is 3.31. The van der Waals surface area contributed by atoms with Crippen molar-refractivity contribution in [3.8, 4) is 11.5 Å². The van der Waals surface area contributed by atoms with E-state index in [9.17, 15) is 19.5 Å². The summed E-state index contributed by atoms with van der Waals surface area (Å²) in [5, 5.41) is 12.6. The van der Waals surface area contributed by atoms with Gasteiger partial charge in [0, 0.05) is 47.3 Å². The van der Waals surface area contributed by atoms with E-state index in [0.717, 1.165) is 16.6 Å². The molecule has 6 rings (SSSR count). The molecule has 198 valence electrons. The van der Waals surface area contributed by atoms with E-state index >= 15 is 0 Å². The normalized spacial score (nSPS) is 13.9. The van der Waals surface area contributed by atoms with Gasteiger partial charge in [-0.15, -0.1) is 0 Å². The van der Waals surface area contributed by atoms with Crippen LogP contribution in [-0.2, 0) is 17.8 Å². The molecule has 1 atom stereocenters. The molecule has 0 fully saturated rings. The number of H-pyrrole nitrogens is 2. The maximum atomic E-state index is 13.7. The minimum Gasteiger partial charge on any atom is -0.502 e. The van der Waals surface area contributed by atoms with Crippen LogP contribution in [0.3, 0.4) is 0 Å². The lowest BCUT2D eigenvalue weighted by Crippen LogP contribution is -2.37. The Bertz CT molecular complexity index is 1870. The van der Waals surface area contributed by atoms with E-state index in [0.29, 0.717) is 36.2 Å². The monoisotopic (exact) mass is 525 g/mol. The number of nitrogens with one attached hydrogen (secondary N) is 2. The second kappa shape index (κ2) is 9.50. The molecule has 0 aliphatic carbocycles. The van der Waals surface area contributed by atoms with Crippen LogP contribution >= 0.6 is 0 Å². The molecule has 4 heterocycles. The van der Waals surface area contributed by atoms with Crippen molar-refractivity contribution in [2.24, 2.45) is 0 Å². The van der Waals surface area contributed by atoms with Crippen LogP contribution in [0, 0.1) is 6.92 Å². The molecule has 0 radical (unpaired) electrons. The third kappa shape index (κ3) is 4.35. The fourth-order valence-electron chi connectivity index (χ4n) is 5.50. The molecule has 39 heavy (non-hydrogen) atoms. The molecule has 2 aromatic carbocycles. The number of aromatic amines is 2. The average molecular weight is 526 g/mol. The molecule has 5 aromatic rings. The van der Waals surface area contributed by atoms with Gasteiger partial charge in [-0.3, -0.25) is 14.4 Å². The number of ether oxygens (including phenoxy) is 1. The van der Waals surface area contributed by atoms with Gasteiger partial charge in [-0.25, -0.2) is 0 Å². The number of aromatic hydroxyl groups is 1. The van der Waals surface area contributed by atoms with Crippen molar-refractivity contribution in [1.29, 1.82) is 0 Å². The fraction of sp³-hybridized carbons (Fsp3) is 0.233. The van der Waals surface area contributed by atoms with Gasteiger partial charge in [-0.05, 0) is 48.6 Å². The van der Waals surface area contributed by atoms with Gasteiger partial charge in [-0.1, -0.05) is 18.2 Å². The van der Waals surface area contributed by atoms with Gasteiger partial charge in [0.25, 0.3) is 5.56 Å². The number of methoxy groups -OCH3 is 1. The highest BCUT2D eigenvalue weighted by Gasteiger charge is 2.32. The van der Waals surface area contributed by atoms with Gasteiger partial charge < -0.3 is 29.1 Å². The minimum absolute atomic E-state index is 0.102. The number of amides is 1. The second-order valence-corrected chi connectivity index (χ2v) is 9.89. The molecule has 1 aliphatic heterocycles. The highest BCUT2D eigenvalue weighted by Crippen LogP contribution is 2.34. The summed E-state index contributed by atoms with van der Waals surface area (Å²) >= 11 is 0. The number of carbonyl (C=O) groups is 1. The van der Waals surface area contributed by atoms with Crippen LogP contribution in [0.5, 0.6) is 11.5 Å². The molecule has 3 N–H and O–H groups in total. The quantitative estimate of drug-likeness (QED) is 0.317. The summed E-state index contributed by atoms with van der Waals surface area (Å²) in [6.45, 7) is 2.49. The van der Waals surface area contributed by atoms with Gasteiger partial charge in [0.2, 0.25) is 17.1 Å². The molecule has 0 bridgehead atoms. The maximum absolute atomic E-state index is 13.7. The first-order chi connectivity index (χ1) is 18.8. The SMILES string of the molecule is COc1ccc2cc([C@@H](CC(=O)N3CCc4c([nH]c5ccccc45)C3)c3oc(C)cc(=O)c3O)c(=O)[nH]c2c1.